The molecule has 1 aromatic carbocycles. The highest BCUT2D eigenvalue weighted by Gasteiger charge is 2.23. The molecule has 0 radical (unpaired) electrons. The Morgan fingerprint density at radius 1 is 1.12 bits per heavy atom. The number of hydrogen-bond acceptors (Lipinski definition) is 2. The molecule has 3 nitrogen and oxygen atoms in total. The normalized spacial score (nSPS) is 15.1. The minimum Gasteiger partial charge on any atom is -0.289 e. The molecule has 2 amide bonds. The van der Waals surface area contributed by atoms with Crippen molar-refractivity contribution in [1.82, 2.24) is 5.32 Å². The lowest BCUT2D eigenvalue weighted by atomic mass is 10.1. The summed E-state index contributed by atoms with van der Waals surface area (Å²) in [5, 5.41) is 1.67. The van der Waals surface area contributed by atoms with Gasteiger partial charge in [0.05, 0.1) is 15.6 Å². The summed E-state index contributed by atoms with van der Waals surface area (Å²) in [6.07, 6.45) is 1.11. The zero-order valence-corrected chi connectivity index (χ0v) is 9.19. The summed E-state index contributed by atoms with van der Waals surface area (Å²) < 4.78 is 13.1. The van der Waals surface area contributed by atoms with Gasteiger partial charge in [0.15, 0.2) is 5.82 Å². The molecule has 1 heterocycles. The van der Waals surface area contributed by atoms with Gasteiger partial charge in [-0.2, -0.15) is 0 Å². The van der Waals surface area contributed by atoms with Crippen molar-refractivity contribution < 1.29 is 14.0 Å². The van der Waals surface area contributed by atoms with Crippen molar-refractivity contribution >= 4 is 40.6 Å². The van der Waals surface area contributed by atoms with Crippen LogP contribution in [0.25, 0.3) is 5.57 Å². The van der Waals surface area contributed by atoms with E-state index in [0.717, 1.165) is 6.08 Å². The molecular weight excluding hydrogens is 256 g/mol. The summed E-state index contributed by atoms with van der Waals surface area (Å²) in [7, 11) is 0. The summed E-state index contributed by atoms with van der Waals surface area (Å²) in [6.45, 7) is 0. The third-order valence-corrected chi connectivity index (χ3v) is 2.60. The Hall–Kier alpha value is -1.39. The molecule has 0 bridgehead atoms. The molecule has 0 saturated carbocycles. The van der Waals surface area contributed by atoms with E-state index >= 15 is 0 Å². The van der Waals surface area contributed by atoms with Gasteiger partial charge in [-0.3, -0.25) is 14.9 Å². The van der Waals surface area contributed by atoms with Crippen LogP contribution in [0.1, 0.15) is 5.56 Å². The number of carbonyl (C=O) groups excluding carboxylic acids is 2. The Morgan fingerprint density at radius 2 is 1.69 bits per heavy atom. The van der Waals surface area contributed by atoms with Crippen LogP contribution in [0, 0.1) is 5.82 Å². The topological polar surface area (TPSA) is 46.2 Å². The number of imide groups is 1. The number of carbonyl (C=O) groups is 2. The lowest BCUT2D eigenvalue weighted by Crippen LogP contribution is -2.21. The first-order valence-corrected chi connectivity index (χ1v) is 4.96. The first-order chi connectivity index (χ1) is 7.49. The van der Waals surface area contributed by atoms with Crippen molar-refractivity contribution in [2.24, 2.45) is 0 Å². The maximum atomic E-state index is 13.1. The van der Waals surface area contributed by atoms with E-state index in [2.05, 4.69) is 5.32 Å². The van der Waals surface area contributed by atoms with Crippen LogP contribution in [0.4, 0.5) is 4.39 Å². The van der Waals surface area contributed by atoms with Crippen LogP contribution in [-0.2, 0) is 9.59 Å². The number of amides is 2. The highest BCUT2D eigenvalue weighted by atomic mass is 35.5. The lowest BCUT2D eigenvalue weighted by Gasteiger charge is -2.03. The molecule has 16 heavy (non-hydrogen) atoms. The SMILES string of the molecule is O=C1C=C(c2cc(Cl)c(F)c(Cl)c2)C(=O)N1. The van der Waals surface area contributed by atoms with Gasteiger partial charge in [-0.05, 0) is 17.7 Å². The predicted molar refractivity (Wildman–Crippen MR) is 57.5 cm³/mol. The molecule has 0 spiro atoms. The van der Waals surface area contributed by atoms with Crippen molar-refractivity contribution in [3.05, 3.63) is 39.6 Å². The third-order valence-electron chi connectivity index (χ3n) is 2.05. The Kier molecular flexibility index (Phi) is 2.69. The summed E-state index contributed by atoms with van der Waals surface area (Å²) in [5.41, 5.74) is 0.425. The van der Waals surface area contributed by atoms with Crippen LogP contribution in [0.3, 0.4) is 0 Å². The Morgan fingerprint density at radius 3 is 2.12 bits per heavy atom. The molecule has 0 fully saturated rings. The molecule has 6 heteroatoms. The maximum absolute atomic E-state index is 13.1. The smallest absolute Gasteiger partial charge is 0.258 e. The molecule has 0 atom stereocenters. The van der Waals surface area contributed by atoms with Crippen LogP contribution in [0.2, 0.25) is 10.0 Å². The van der Waals surface area contributed by atoms with Gasteiger partial charge < -0.3 is 0 Å². The Bertz CT molecular complexity index is 517. The zero-order valence-electron chi connectivity index (χ0n) is 7.68. The van der Waals surface area contributed by atoms with Crippen molar-refractivity contribution in [2.75, 3.05) is 0 Å². The van der Waals surface area contributed by atoms with E-state index in [0.29, 0.717) is 5.56 Å². The van der Waals surface area contributed by atoms with Gasteiger partial charge in [0, 0.05) is 6.08 Å². The van der Waals surface area contributed by atoms with Crippen molar-refractivity contribution in [1.29, 1.82) is 0 Å². The molecule has 1 N–H and O–H groups in total. The fraction of sp³-hybridized carbons (Fsp3) is 0. The highest BCUT2D eigenvalue weighted by Crippen LogP contribution is 2.29. The molecular formula is C10H4Cl2FNO2. The fourth-order valence-corrected chi connectivity index (χ4v) is 1.82. The van der Waals surface area contributed by atoms with E-state index in [-0.39, 0.29) is 15.6 Å². The first kappa shape index (κ1) is 11.1. The summed E-state index contributed by atoms with van der Waals surface area (Å²) in [6, 6.07) is 2.49. The van der Waals surface area contributed by atoms with Crippen LogP contribution in [0.15, 0.2) is 18.2 Å². The second-order valence-corrected chi connectivity index (χ2v) is 3.94. The van der Waals surface area contributed by atoms with Crippen LogP contribution >= 0.6 is 23.2 Å². The first-order valence-electron chi connectivity index (χ1n) is 4.21. The largest absolute Gasteiger partial charge is 0.289 e. The monoisotopic (exact) mass is 259 g/mol. The molecule has 0 aromatic heterocycles. The number of rotatable bonds is 1. The van der Waals surface area contributed by atoms with Gasteiger partial charge >= 0.3 is 0 Å². The van der Waals surface area contributed by atoms with E-state index in [1.807, 2.05) is 0 Å². The third kappa shape index (κ3) is 1.81. The van der Waals surface area contributed by atoms with Crippen molar-refractivity contribution in [2.45, 2.75) is 0 Å². The van der Waals surface area contributed by atoms with E-state index < -0.39 is 17.6 Å². The van der Waals surface area contributed by atoms with Gasteiger partial charge in [-0.1, -0.05) is 23.2 Å². The molecule has 82 valence electrons. The number of nitrogens with one attached hydrogen (secondary N) is 1. The van der Waals surface area contributed by atoms with Crippen molar-refractivity contribution in [3.63, 3.8) is 0 Å². The van der Waals surface area contributed by atoms with Gasteiger partial charge in [0.1, 0.15) is 0 Å². The Balaban J connectivity index is 2.54. The number of halogens is 3. The van der Waals surface area contributed by atoms with Gasteiger partial charge in [-0.15, -0.1) is 0 Å². The van der Waals surface area contributed by atoms with E-state index in [1.54, 1.807) is 0 Å². The minimum absolute atomic E-state index is 0.119. The quantitative estimate of drug-likeness (QED) is 0.621. The molecule has 0 aliphatic carbocycles. The standard InChI is InChI=1S/C10H4Cl2FNO2/c11-6-1-4(2-7(12)9(6)13)5-3-8(15)14-10(5)16/h1-3H,(H,14,15,16). The van der Waals surface area contributed by atoms with E-state index in [4.69, 9.17) is 23.2 Å². The average molecular weight is 260 g/mol. The summed E-state index contributed by atoms with van der Waals surface area (Å²) in [5.74, 6) is -1.82. The van der Waals surface area contributed by atoms with Gasteiger partial charge in [0.2, 0.25) is 0 Å². The second kappa shape index (κ2) is 3.88. The molecule has 0 saturated heterocycles. The van der Waals surface area contributed by atoms with E-state index in [9.17, 15) is 14.0 Å². The number of hydrogen-bond donors (Lipinski definition) is 1. The van der Waals surface area contributed by atoms with Crippen LogP contribution < -0.4 is 5.32 Å². The minimum atomic E-state index is -0.752. The van der Waals surface area contributed by atoms with E-state index in [1.165, 1.54) is 12.1 Å². The van der Waals surface area contributed by atoms with Gasteiger partial charge in [0.25, 0.3) is 11.8 Å². The molecule has 1 aromatic rings. The zero-order chi connectivity index (χ0) is 11.9. The maximum Gasteiger partial charge on any atom is 0.258 e. The molecule has 1 aliphatic rings. The molecule has 2 rings (SSSR count). The number of benzene rings is 1. The van der Waals surface area contributed by atoms with Gasteiger partial charge in [-0.25, -0.2) is 4.39 Å². The lowest BCUT2D eigenvalue weighted by molar-refractivity contribution is -0.123. The van der Waals surface area contributed by atoms with Crippen LogP contribution in [-0.4, -0.2) is 11.8 Å². The van der Waals surface area contributed by atoms with Crippen LogP contribution in [0.5, 0.6) is 0 Å². The molecule has 0 unspecified atom stereocenters. The second-order valence-electron chi connectivity index (χ2n) is 3.13. The molecule has 1 aliphatic heterocycles. The predicted octanol–water partition coefficient (Wildman–Crippen LogP) is 2.17. The highest BCUT2D eigenvalue weighted by molar-refractivity contribution is 6.37. The van der Waals surface area contributed by atoms with Crippen molar-refractivity contribution in [3.8, 4) is 0 Å². The average Bonchev–Trinajstić information content (AvgIpc) is 2.53. The summed E-state index contributed by atoms with van der Waals surface area (Å²) >= 11 is 11.2. The Labute approximate surface area is 99.8 Å². The summed E-state index contributed by atoms with van der Waals surface area (Å²) in [4.78, 5) is 22.2. The fourth-order valence-electron chi connectivity index (χ4n) is 1.34.